The van der Waals surface area contributed by atoms with Gasteiger partial charge in [0.2, 0.25) is 0 Å². The molecule has 0 saturated heterocycles. The van der Waals surface area contributed by atoms with Gasteiger partial charge >= 0.3 is 0 Å². The number of rotatable bonds is 5. The zero-order valence-electron chi connectivity index (χ0n) is 10.9. The summed E-state index contributed by atoms with van der Waals surface area (Å²) in [5.74, 6) is 5.25. The highest BCUT2D eigenvalue weighted by Crippen LogP contribution is 2.17. The predicted octanol–water partition coefficient (Wildman–Crippen LogP) is 3.13. The Morgan fingerprint density at radius 2 is 2.17 bits per heavy atom. The van der Waals surface area contributed by atoms with Crippen LogP contribution in [0.2, 0.25) is 0 Å². The molecule has 1 unspecified atom stereocenters. The van der Waals surface area contributed by atoms with E-state index in [1.165, 1.54) is 19.2 Å². The first-order valence-corrected chi connectivity index (χ1v) is 6.20. The van der Waals surface area contributed by atoms with Crippen molar-refractivity contribution >= 4 is 0 Å². The number of ether oxygens (including phenoxy) is 1. The summed E-state index contributed by atoms with van der Waals surface area (Å²) in [7, 11) is 1.42. The minimum Gasteiger partial charge on any atom is -0.494 e. The van der Waals surface area contributed by atoms with Crippen LogP contribution in [0, 0.1) is 17.7 Å². The lowest BCUT2D eigenvalue weighted by molar-refractivity contribution is 0.217. The summed E-state index contributed by atoms with van der Waals surface area (Å²) in [5, 5.41) is 9.62. The highest BCUT2D eigenvalue weighted by atomic mass is 19.1. The van der Waals surface area contributed by atoms with Gasteiger partial charge in [-0.15, -0.1) is 0 Å². The number of methoxy groups -OCH3 is 1. The van der Waals surface area contributed by atoms with Crippen LogP contribution in [0.1, 0.15) is 38.2 Å². The average Bonchev–Trinajstić information content (AvgIpc) is 2.37. The van der Waals surface area contributed by atoms with Crippen LogP contribution in [-0.2, 0) is 0 Å². The number of aliphatic hydroxyl groups is 1. The summed E-state index contributed by atoms with van der Waals surface area (Å²) in [6, 6.07) is 4.51. The Bertz CT molecular complexity index is 432. The van der Waals surface area contributed by atoms with E-state index in [4.69, 9.17) is 4.74 Å². The van der Waals surface area contributed by atoms with Gasteiger partial charge in [0.15, 0.2) is 11.6 Å². The molecule has 0 aliphatic rings. The van der Waals surface area contributed by atoms with E-state index in [1.807, 2.05) is 0 Å². The van der Waals surface area contributed by atoms with Crippen LogP contribution in [0.5, 0.6) is 5.75 Å². The van der Waals surface area contributed by atoms with Crippen molar-refractivity contribution < 1.29 is 14.2 Å². The number of hydrogen-bond acceptors (Lipinski definition) is 2. The molecule has 0 bridgehead atoms. The topological polar surface area (TPSA) is 29.5 Å². The molecule has 0 saturated carbocycles. The molecule has 0 radical (unpaired) electrons. The van der Waals surface area contributed by atoms with E-state index in [-0.39, 0.29) is 5.75 Å². The summed E-state index contributed by atoms with van der Waals surface area (Å²) < 4.78 is 18.2. The highest BCUT2D eigenvalue weighted by molar-refractivity contribution is 5.39. The third-order valence-electron chi connectivity index (χ3n) is 2.62. The van der Waals surface area contributed by atoms with Gasteiger partial charge in [0, 0.05) is 5.56 Å². The van der Waals surface area contributed by atoms with Gasteiger partial charge in [-0.3, -0.25) is 0 Å². The molecular weight excluding hydrogens is 231 g/mol. The summed E-state index contributed by atoms with van der Waals surface area (Å²) in [6.45, 7) is 2.11. The molecule has 1 aromatic carbocycles. The summed E-state index contributed by atoms with van der Waals surface area (Å²) in [4.78, 5) is 0. The van der Waals surface area contributed by atoms with Gasteiger partial charge in [0.1, 0.15) is 6.10 Å². The monoisotopic (exact) mass is 250 g/mol. The summed E-state index contributed by atoms with van der Waals surface area (Å²) in [6.07, 6.45) is 3.20. The van der Waals surface area contributed by atoms with Crippen LogP contribution in [0.15, 0.2) is 18.2 Å². The Hall–Kier alpha value is -1.53. The molecule has 1 aromatic rings. The minimum absolute atomic E-state index is 0.198. The lowest BCUT2D eigenvalue weighted by Gasteiger charge is -2.02. The van der Waals surface area contributed by atoms with E-state index < -0.39 is 11.9 Å². The number of hydrogen-bond donors (Lipinski definition) is 1. The van der Waals surface area contributed by atoms with Crippen molar-refractivity contribution in [3.8, 4) is 17.6 Å². The SMILES string of the molecule is CCCCCC(O)C#Cc1ccc(OC)c(F)c1. The van der Waals surface area contributed by atoms with Gasteiger partial charge in [0.05, 0.1) is 7.11 Å². The second kappa shape index (κ2) is 7.73. The molecule has 0 aliphatic heterocycles. The fraction of sp³-hybridized carbons (Fsp3) is 0.467. The van der Waals surface area contributed by atoms with Crippen molar-refractivity contribution in [1.82, 2.24) is 0 Å². The molecular formula is C15H19FO2. The number of benzene rings is 1. The van der Waals surface area contributed by atoms with Gasteiger partial charge in [-0.1, -0.05) is 31.6 Å². The second-order valence-electron chi connectivity index (χ2n) is 4.13. The first-order chi connectivity index (χ1) is 8.67. The van der Waals surface area contributed by atoms with Crippen LogP contribution < -0.4 is 4.74 Å². The van der Waals surface area contributed by atoms with Crippen LogP contribution in [0.3, 0.4) is 0 Å². The van der Waals surface area contributed by atoms with Gasteiger partial charge in [-0.2, -0.15) is 0 Å². The Morgan fingerprint density at radius 3 is 2.78 bits per heavy atom. The van der Waals surface area contributed by atoms with E-state index in [9.17, 15) is 9.50 Å². The molecule has 2 nitrogen and oxygen atoms in total. The summed E-state index contributed by atoms with van der Waals surface area (Å²) >= 11 is 0. The first kappa shape index (κ1) is 14.5. The van der Waals surface area contributed by atoms with Crippen molar-refractivity contribution in [2.75, 3.05) is 7.11 Å². The van der Waals surface area contributed by atoms with E-state index in [2.05, 4.69) is 18.8 Å². The Labute approximate surface area is 108 Å². The molecule has 0 aliphatic carbocycles. The number of halogens is 1. The molecule has 0 heterocycles. The highest BCUT2D eigenvalue weighted by Gasteiger charge is 2.02. The van der Waals surface area contributed by atoms with Crippen molar-refractivity contribution in [2.45, 2.75) is 38.7 Å². The van der Waals surface area contributed by atoms with Crippen LogP contribution in [-0.4, -0.2) is 18.3 Å². The van der Waals surface area contributed by atoms with Crippen LogP contribution in [0.4, 0.5) is 4.39 Å². The maximum Gasteiger partial charge on any atom is 0.166 e. The Balaban J connectivity index is 2.59. The van der Waals surface area contributed by atoms with Crippen molar-refractivity contribution in [2.24, 2.45) is 0 Å². The van der Waals surface area contributed by atoms with Gasteiger partial charge in [-0.25, -0.2) is 4.39 Å². The first-order valence-electron chi connectivity index (χ1n) is 6.20. The average molecular weight is 250 g/mol. The predicted molar refractivity (Wildman–Crippen MR) is 70.0 cm³/mol. The van der Waals surface area contributed by atoms with Gasteiger partial charge < -0.3 is 9.84 Å². The van der Waals surface area contributed by atoms with Crippen molar-refractivity contribution in [3.63, 3.8) is 0 Å². The van der Waals surface area contributed by atoms with E-state index in [1.54, 1.807) is 6.07 Å². The Kier molecular flexibility index (Phi) is 6.24. The molecule has 1 rings (SSSR count). The molecule has 0 fully saturated rings. The van der Waals surface area contributed by atoms with E-state index >= 15 is 0 Å². The van der Waals surface area contributed by atoms with Gasteiger partial charge in [0.25, 0.3) is 0 Å². The summed E-state index contributed by atoms with van der Waals surface area (Å²) in [5.41, 5.74) is 0.544. The quantitative estimate of drug-likeness (QED) is 0.642. The normalized spacial score (nSPS) is 11.6. The molecule has 0 aromatic heterocycles. The van der Waals surface area contributed by atoms with Crippen LogP contribution in [0.25, 0.3) is 0 Å². The molecule has 1 N–H and O–H groups in total. The van der Waals surface area contributed by atoms with Gasteiger partial charge in [-0.05, 0) is 31.0 Å². The van der Waals surface area contributed by atoms with Crippen molar-refractivity contribution in [1.29, 1.82) is 0 Å². The fourth-order valence-electron chi connectivity index (χ4n) is 1.57. The second-order valence-corrected chi connectivity index (χ2v) is 4.13. The fourth-order valence-corrected chi connectivity index (χ4v) is 1.57. The number of aliphatic hydroxyl groups excluding tert-OH is 1. The lowest BCUT2D eigenvalue weighted by atomic mass is 10.1. The lowest BCUT2D eigenvalue weighted by Crippen LogP contribution is -2.02. The Morgan fingerprint density at radius 1 is 1.39 bits per heavy atom. The largest absolute Gasteiger partial charge is 0.494 e. The molecule has 0 spiro atoms. The zero-order valence-corrected chi connectivity index (χ0v) is 10.9. The third-order valence-corrected chi connectivity index (χ3v) is 2.62. The standard InChI is InChI=1S/C15H19FO2/c1-3-4-5-6-13(17)9-7-12-8-10-15(18-2)14(16)11-12/h8,10-11,13,17H,3-6H2,1-2H3. The molecule has 18 heavy (non-hydrogen) atoms. The maximum atomic E-state index is 13.4. The third kappa shape index (κ3) is 4.77. The van der Waals surface area contributed by atoms with Crippen LogP contribution >= 0.6 is 0 Å². The molecule has 3 heteroatoms. The molecule has 1 atom stereocenters. The molecule has 0 amide bonds. The van der Waals surface area contributed by atoms with E-state index in [0.29, 0.717) is 12.0 Å². The molecule has 98 valence electrons. The van der Waals surface area contributed by atoms with E-state index in [0.717, 1.165) is 19.3 Å². The minimum atomic E-state index is -0.637. The smallest absolute Gasteiger partial charge is 0.166 e. The zero-order chi connectivity index (χ0) is 13.4. The van der Waals surface area contributed by atoms with Crippen molar-refractivity contribution in [3.05, 3.63) is 29.6 Å². The maximum absolute atomic E-state index is 13.4. The number of unbranched alkanes of at least 4 members (excludes halogenated alkanes) is 2.